The topological polar surface area (TPSA) is 65.1 Å². The zero-order chi connectivity index (χ0) is 18.1. The van der Waals surface area contributed by atoms with E-state index < -0.39 is 6.10 Å². The van der Waals surface area contributed by atoms with Crippen LogP contribution in [0.25, 0.3) is 10.9 Å². The largest absolute Gasteiger partial charge is 0.388 e. The Morgan fingerprint density at radius 1 is 1.23 bits per heavy atom. The molecule has 4 rings (SSSR count). The number of aryl methyl sites for hydroxylation is 2. The summed E-state index contributed by atoms with van der Waals surface area (Å²) in [5, 5.41) is 14.6. The quantitative estimate of drug-likeness (QED) is 0.614. The van der Waals surface area contributed by atoms with Crippen LogP contribution in [0.15, 0.2) is 48.7 Å². The van der Waals surface area contributed by atoms with Gasteiger partial charge in [0.05, 0.1) is 11.8 Å². The molecule has 0 aliphatic heterocycles. The average molecular weight is 348 g/mol. The van der Waals surface area contributed by atoms with Crippen LogP contribution in [0, 0.1) is 12.8 Å². The van der Waals surface area contributed by atoms with Crippen molar-refractivity contribution < 1.29 is 9.90 Å². The fourth-order valence-electron chi connectivity index (χ4n) is 3.25. The maximum atomic E-state index is 12.0. The van der Waals surface area contributed by atoms with Gasteiger partial charge in [-0.15, -0.1) is 0 Å². The minimum absolute atomic E-state index is 0.0937. The van der Waals surface area contributed by atoms with Gasteiger partial charge < -0.3 is 15.4 Å². The second-order valence-corrected chi connectivity index (χ2v) is 7.31. The number of anilines is 1. The number of carbonyl (C=O) groups is 1. The molecule has 134 valence electrons. The SMILES string of the molecule is Cc1ccc(CCC(O)c2ccc3[nH]cc(NC(=O)C4CC4)c3c2)cc1. The predicted octanol–water partition coefficient (Wildman–Crippen LogP) is 4.49. The molecular weight excluding hydrogens is 324 g/mol. The maximum absolute atomic E-state index is 12.0. The van der Waals surface area contributed by atoms with Gasteiger partial charge >= 0.3 is 0 Å². The zero-order valence-electron chi connectivity index (χ0n) is 15.0. The standard InChI is InChI=1S/C22H24N2O2/c1-14-2-4-15(5-3-14)6-11-21(25)17-9-10-19-18(12-17)20(13-23-19)24-22(26)16-7-8-16/h2-5,9-10,12-13,16,21,23,25H,6-8,11H2,1H3,(H,24,26). The highest BCUT2D eigenvalue weighted by atomic mass is 16.3. The third-order valence-electron chi connectivity index (χ3n) is 5.12. The van der Waals surface area contributed by atoms with Gasteiger partial charge in [-0.1, -0.05) is 35.9 Å². The molecular formula is C22H24N2O2. The Morgan fingerprint density at radius 3 is 2.73 bits per heavy atom. The number of hydrogen-bond acceptors (Lipinski definition) is 2. The summed E-state index contributed by atoms with van der Waals surface area (Å²) in [7, 11) is 0. The van der Waals surface area contributed by atoms with E-state index in [-0.39, 0.29) is 11.8 Å². The van der Waals surface area contributed by atoms with Crippen LogP contribution in [0.1, 0.15) is 42.1 Å². The molecule has 1 amide bonds. The molecule has 0 saturated heterocycles. The van der Waals surface area contributed by atoms with E-state index in [0.717, 1.165) is 41.4 Å². The molecule has 0 radical (unpaired) electrons. The lowest BCUT2D eigenvalue weighted by molar-refractivity contribution is -0.117. The molecule has 1 atom stereocenters. The van der Waals surface area contributed by atoms with Gasteiger partial charge in [-0.05, 0) is 55.9 Å². The van der Waals surface area contributed by atoms with E-state index in [0.29, 0.717) is 6.42 Å². The molecule has 1 saturated carbocycles. The lowest BCUT2D eigenvalue weighted by Gasteiger charge is -2.12. The Balaban J connectivity index is 1.48. The third kappa shape index (κ3) is 3.65. The van der Waals surface area contributed by atoms with Crippen LogP contribution in [0.2, 0.25) is 0 Å². The third-order valence-corrected chi connectivity index (χ3v) is 5.12. The number of aromatic nitrogens is 1. The number of hydrogen-bond donors (Lipinski definition) is 3. The summed E-state index contributed by atoms with van der Waals surface area (Å²) in [6, 6.07) is 14.3. The van der Waals surface area contributed by atoms with Crippen molar-refractivity contribution in [3.05, 3.63) is 65.4 Å². The molecule has 1 fully saturated rings. The molecule has 1 heterocycles. The molecule has 26 heavy (non-hydrogen) atoms. The van der Waals surface area contributed by atoms with E-state index in [2.05, 4.69) is 41.5 Å². The molecule has 1 aliphatic rings. The van der Waals surface area contributed by atoms with Crippen molar-refractivity contribution in [2.24, 2.45) is 5.92 Å². The number of benzene rings is 2. The minimum atomic E-state index is -0.525. The number of carbonyl (C=O) groups excluding carboxylic acids is 1. The Kier molecular flexibility index (Phi) is 4.51. The van der Waals surface area contributed by atoms with Gasteiger partial charge in [0.25, 0.3) is 0 Å². The fraction of sp³-hybridized carbons (Fsp3) is 0.318. The molecule has 3 aromatic rings. The Labute approximate surface area is 153 Å². The number of aromatic amines is 1. The second kappa shape index (κ2) is 6.96. The highest BCUT2D eigenvalue weighted by Crippen LogP contribution is 2.33. The van der Waals surface area contributed by atoms with Crippen molar-refractivity contribution >= 4 is 22.5 Å². The zero-order valence-corrected chi connectivity index (χ0v) is 15.0. The molecule has 1 aromatic heterocycles. The van der Waals surface area contributed by atoms with E-state index in [9.17, 15) is 9.90 Å². The predicted molar refractivity (Wildman–Crippen MR) is 104 cm³/mol. The van der Waals surface area contributed by atoms with Crippen LogP contribution in [0.5, 0.6) is 0 Å². The number of aliphatic hydroxyl groups excluding tert-OH is 1. The van der Waals surface area contributed by atoms with Gasteiger partial charge in [0.1, 0.15) is 0 Å². The second-order valence-electron chi connectivity index (χ2n) is 7.31. The maximum Gasteiger partial charge on any atom is 0.227 e. The molecule has 0 bridgehead atoms. The Bertz CT molecular complexity index is 923. The van der Waals surface area contributed by atoms with Crippen molar-refractivity contribution in [2.45, 2.75) is 38.7 Å². The van der Waals surface area contributed by atoms with Gasteiger partial charge in [0.2, 0.25) is 5.91 Å². The highest BCUT2D eigenvalue weighted by molar-refractivity contribution is 6.03. The molecule has 4 nitrogen and oxygen atoms in total. The number of nitrogens with one attached hydrogen (secondary N) is 2. The molecule has 0 spiro atoms. The van der Waals surface area contributed by atoms with E-state index in [4.69, 9.17) is 0 Å². The monoisotopic (exact) mass is 348 g/mol. The van der Waals surface area contributed by atoms with E-state index in [1.807, 2.05) is 24.4 Å². The Hall–Kier alpha value is -2.59. The van der Waals surface area contributed by atoms with Crippen LogP contribution in [0.4, 0.5) is 5.69 Å². The fourth-order valence-corrected chi connectivity index (χ4v) is 3.25. The summed E-state index contributed by atoms with van der Waals surface area (Å²) in [4.78, 5) is 15.2. The molecule has 1 aliphatic carbocycles. The molecule has 4 heteroatoms. The highest BCUT2D eigenvalue weighted by Gasteiger charge is 2.30. The number of rotatable bonds is 6. The number of fused-ring (bicyclic) bond motifs is 1. The van der Waals surface area contributed by atoms with Gasteiger partial charge in [0.15, 0.2) is 0 Å². The lowest BCUT2D eigenvalue weighted by Crippen LogP contribution is -2.12. The summed E-state index contributed by atoms with van der Waals surface area (Å²) in [6.07, 6.45) is 4.77. The van der Waals surface area contributed by atoms with Crippen LogP contribution in [0.3, 0.4) is 0 Å². The van der Waals surface area contributed by atoms with Crippen LogP contribution >= 0.6 is 0 Å². The number of aliphatic hydroxyl groups is 1. The van der Waals surface area contributed by atoms with Crippen molar-refractivity contribution in [1.82, 2.24) is 4.98 Å². The summed E-state index contributed by atoms with van der Waals surface area (Å²) >= 11 is 0. The number of H-pyrrole nitrogens is 1. The van der Waals surface area contributed by atoms with Crippen LogP contribution < -0.4 is 5.32 Å². The van der Waals surface area contributed by atoms with Gasteiger partial charge in [-0.3, -0.25) is 4.79 Å². The smallest absolute Gasteiger partial charge is 0.227 e. The van der Waals surface area contributed by atoms with Gasteiger partial charge in [-0.25, -0.2) is 0 Å². The van der Waals surface area contributed by atoms with Crippen molar-refractivity contribution in [3.8, 4) is 0 Å². The summed E-state index contributed by atoms with van der Waals surface area (Å²) in [5.41, 5.74) is 5.11. The summed E-state index contributed by atoms with van der Waals surface area (Å²) in [6.45, 7) is 2.07. The first-order valence-electron chi connectivity index (χ1n) is 9.25. The molecule has 1 unspecified atom stereocenters. The van der Waals surface area contributed by atoms with Crippen molar-refractivity contribution in [2.75, 3.05) is 5.32 Å². The first-order valence-corrected chi connectivity index (χ1v) is 9.25. The summed E-state index contributed by atoms with van der Waals surface area (Å²) < 4.78 is 0. The Morgan fingerprint density at radius 2 is 2.00 bits per heavy atom. The van der Waals surface area contributed by atoms with Crippen molar-refractivity contribution in [1.29, 1.82) is 0 Å². The van der Waals surface area contributed by atoms with Crippen molar-refractivity contribution in [3.63, 3.8) is 0 Å². The first kappa shape index (κ1) is 16.9. The van der Waals surface area contributed by atoms with Gasteiger partial charge in [-0.2, -0.15) is 0 Å². The average Bonchev–Trinajstić information content (AvgIpc) is 3.43. The minimum Gasteiger partial charge on any atom is -0.388 e. The summed E-state index contributed by atoms with van der Waals surface area (Å²) in [5.74, 6) is 0.263. The van der Waals surface area contributed by atoms with Gasteiger partial charge in [0, 0.05) is 23.0 Å². The van der Waals surface area contributed by atoms with E-state index in [1.54, 1.807) is 0 Å². The number of amides is 1. The van der Waals surface area contributed by atoms with Crippen LogP contribution in [-0.4, -0.2) is 16.0 Å². The first-order chi connectivity index (χ1) is 12.6. The van der Waals surface area contributed by atoms with E-state index in [1.165, 1.54) is 11.1 Å². The molecule has 3 N–H and O–H groups in total. The van der Waals surface area contributed by atoms with E-state index >= 15 is 0 Å². The molecule has 2 aromatic carbocycles. The normalized spacial score (nSPS) is 15.2. The van der Waals surface area contributed by atoms with Crippen LogP contribution in [-0.2, 0) is 11.2 Å². The lowest BCUT2D eigenvalue weighted by atomic mass is 9.99.